The van der Waals surface area contributed by atoms with Gasteiger partial charge in [0.25, 0.3) is 5.91 Å². The van der Waals surface area contributed by atoms with Gasteiger partial charge in [-0.25, -0.2) is 14.4 Å². The summed E-state index contributed by atoms with van der Waals surface area (Å²) in [7, 11) is 0. The summed E-state index contributed by atoms with van der Waals surface area (Å²) in [5, 5.41) is 52.3. The number of ether oxygens (including phenoxy) is 6. The van der Waals surface area contributed by atoms with E-state index in [2.05, 4.69) is 10.6 Å². The highest BCUT2D eigenvalue weighted by Gasteiger charge is 2.78. The predicted molar refractivity (Wildman–Crippen MR) is 238 cm³/mol. The second kappa shape index (κ2) is 19.9. The number of aliphatic hydroxyl groups is 4. The lowest BCUT2D eigenvalue weighted by Gasteiger charge is -2.67. The molecule has 0 spiro atoms. The van der Waals surface area contributed by atoms with Gasteiger partial charge in [0.05, 0.1) is 55.5 Å². The maximum Gasteiger partial charge on any atom is 0.408 e. The van der Waals surface area contributed by atoms with Crippen molar-refractivity contribution in [1.29, 1.82) is 0 Å². The number of alkyl carbamates (subject to hydrolysis) is 1. The lowest BCUT2D eigenvalue weighted by molar-refractivity contribution is -0.345. The summed E-state index contributed by atoms with van der Waals surface area (Å²) in [6.07, 6.45) is -12.1. The molecule has 2 saturated carbocycles. The van der Waals surface area contributed by atoms with Crippen molar-refractivity contribution in [3.63, 3.8) is 0 Å². The minimum Gasteiger partial charge on any atom is -0.456 e. The van der Waals surface area contributed by atoms with Gasteiger partial charge in [-0.1, -0.05) is 80.6 Å². The monoisotopic (exact) mass is 942 g/mol. The molecule has 68 heavy (non-hydrogen) atoms. The van der Waals surface area contributed by atoms with E-state index in [1.54, 1.807) is 78.9 Å². The highest BCUT2D eigenvalue weighted by molar-refractivity contribution is 5.96. The molecule has 0 aromatic heterocycles. The molecule has 3 aromatic carbocycles. The van der Waals surface area contributed by atoms with Crippen LogP contribution < -0.4 is 10.6 Å². The molecule has 1 heterocycles. The third-order valence-corrected chi connectivity index (χ3v) is 14.2. The fraction of sp³-hybridized carbons (Fsp3) is 0.480. The van der Waals surface area contributed by atoms with E-state index in [-0.39, 0.29) is 61.7 Å². The Morgan fingerprint density at radius 3 is 2.07 bits per heavy atom. The number of rotatable bonds is 15. The zero-order valence-corrected chi connectivity index (χ0v) is 38.4. The summed E-state index contributed by atoms with van der Waals surface area (Å²) in [5.41, 5.74) is -7.52. The van der Waals surface area contributed by atoms with E-state index in [1.165, 1.54) is 39.8 Å². The molecule has 3 aliphatic carbocycles. The Balaban J connectivity index is 1.38. The third kappa shape index (κ3) is 9.03. The number of fused-ring (bicyclic) bond motifs is 5. The zero-order chi connectivity index (χ0) is 49.2. The van der Waals surface area contributed by atoms with Crippen LogP contribution in [0.5, 0.6) is 0 Å². The van der Waals surface area contributed by atoms with Gasteiger partial charge in [-0.2, -0.15) is 0 Å². The number of carbonyl (C=O) groups excluding carboxylic acids is 6. The van der Waals surface area contributed by atoms with Crippen LogP contribution in [0.2, 0.25) is 0 Å². The first-order valence-corrected chi connectivity index (χ1v) is 22.5. The van der Waals surface area contributed by atoms with Crippen molar-refractivity contribution in [3.8, 4) is 0 Å². The summed E-state index contributed by atoms with van der Waals surface area (Å²) in [5.74, 6) is -6.20. The molecule has 1 aliphatic heterocycles. The molecule has 0 radical (unpaired) electrons. The molecule has 3 fully saturated rings. The summed E-state index contributed by atoms with van der Waals surface area (Å²) >= 11 is 0. The molecule has 3 aromatic rings. The van der Waals surface area contributed by atoms with Gasteiger partial charge >= 0.3 is 24.0 Å². The molecule has 1 saturated heterocycles. The second-order valence-corrected chi connectivity index (χ2v) is 18.4. The number of benzene rings is 3. The number of ketones is 1. The van der Waals surface area contributed by atoms with Gasteiger partial charge in [-0.15, -0.1) is 0 Å². The molecule has 7 rings (SSSR count). The first-order chi connectivity index (χ1) is 32.3. The van der Waals surface area contributed by atoms with Crippen LogP contribution in [-0.4, -0.2) is 137 Å². The van der Waals surface area contributed by atoms with Crippen molar-refractivity contribution in [2.24, 2.45) is 16.7 Å². The third-order valence-electron chi connectivity index (χ3n) is 14.2. The van der Waals surface area contributed by atoms with Gasteiger partial charge in [0.2, 0.25) is 0 Å². The largest absolute Gasteiger partial charge is 0.456 e. The summed E-state index contributed by atoms with van der Waals surface area (Å²) in [6, 6.07) is 22.7. The van der Waals surface area contributed by atoms with Crippen molar-refractivity contribution in [3.05, 3.63) is 119 Å². The molecular weight excluding hydrogens is 885 g/mol. The predicted octanol–water partition coefficient (Wildman–Crippen LogP) is 2.91. The maximum absolute atomic E-state index is 15.8. The molecule has 2 bridgehead atoms. The fourth-order valence-corrected chi connectivity index (χ4v) is 10.6. The van der Waals surface area contributed by atoms with Gasteiger partial charge in [0, 0.05) is 37.3 Å². The lowest BCUT2D eigenvalue weighted by atomic mass is 9.44. The van der Waals surface area contributed by atoms with Gasteiger partial charge in [0.15, 0.2) is 23.6 Å². The second-order valence-electron chi connectivity index (χ2n) is 18.4. The maximum atomic E-state index is 15.8. The molecular formula is C50H58N2O16. The molecule has 6 N–H and O–H groups in total. The van der Waals surface area contributed by atoms with Crippen LogP contribution in [0.15, 0.2) is 102 Å². The average Bonchev–Trinajstić information content (AvgIpc) is 3.32. The van der Waals surface area contributed by atoms with Crippen molar-refractivity contribution in [2.75, 3.05) is 33.0 Å². The fourth-order valence-electron chi connectivity index (χ4n) is 10.6. The molecule has 18 nitrogen and oxygen atoms in total. The summed E-state index contributed by atoms with van der Waals surface area (Å²) in [4.78, 5) is 85.1. The number of amides is 2. The Hall–Kier alpha value is -6.02. The highest BCUT2D eigenvalue weighted by atomic mass is 16.6. The van der Waals surface area contributed by atoms with Crippen LogP contribution in [0.3, 0.4) is 0 Å². The number of aliphatic hydroxyl groups excluding tert-OH is 3. The number of Topliss-reactive ketones (excluding diaryl/α,β-unsaturated/α-hetero) is 1. The van der Waals surface area contributed by atoms with Crippen molar-refractivity contribution in [1.82, 2.24) is 10.6 Å². The standard InChI is InChI=1S/C50H58N2O16/c1-28-33(65-45(60)38(56)37(30-15-9-6-10-16-30)52-43(58)31-17-11-7-12-18-31)26-50(62)42(67-44(59)32-19-13-8-14-20-32)40-48(5,34(55)25-35-49(40,27-64-35)68-29(2)54)41(57)39(36(28)47(50,3)4)66-46(61)51-21-23-63-24-22-53/h6-20,33-35,37-40,42,53,55-56,62H,21-27H2,1-5H3,(H,51,61)(H,52,58)/t33-,34-,35+,37?,38+,39+,40?,42-,48+,49-,50+/m0/s1. The van der Waals surface area contributed by atoms with Gasteiger partial charge < -0.3 is 59.5 Å². The molecule has 2 unspecified atom stereocenters. The van der Waals surface area contributed by atoms with Crippen LogP contribution >= 0.6 is 0 Å². The SMILES string of the molecule is CC(=O)O[C@@]12CO[C@@H]1C[C@H](O)[C@@]1(C)C(=O)[C@H](OC(=O)NCCOCCO)C3=C(C)[C@@H](OC(=O)[C@H](O)C(NC(=O)c4ccccc4)c4ccccc4)C[C@@](O)([C@@H](OC(=O)c4ccccc4)C12)C3(C)C. The molecule has 4 aliphatic rings. The van der Waals surface area contributed by atoms with E-state index >= 15 is 4.79 Å². The smallest absolute Gasteiger partial charge is 0.408 e. The Morgan fingerprint density at radius 1 is 0.868 bits per heavy atom. The highest BCUT2D eigenvalue weighted by Crippen LogP contribution is 2.64. The quantitative estimate of drug-likeness (QED) is 0.0554. The van der Waals surface area contributed by atoms with E-state index in [9.17, 15) is 39.3 Å². The van der Waals surface area contributed by atoms with Gasteiger partial charge in [-0.3, -0.25) is 14.4 Å². The minimum absolute atomic E-state index is 0.0145. The van der Waals surface area contributed by atoms with Crippen LogP contribution in [-0.2, 0) is 42.8 Å². The Labute approximate surface area is 392 Å². The normalized spacial score (nSPS) is 30.0. The van der Waals surface area contributed by atoms with E-state index in [0.717, 1.165) is 6.92 Å². The van der Waals surface area contributed by atoms with Crippen LogP contribution in [0, 0.1) is 16.7 Å². The molecule has 364 valence electrons. The number of nitrogens with one attached hydrogen (secondary N) is 2. The molecule has 18 heteroatoms. The first kappa shape index (κ1) is 49.9. The van der Waals surface area contributed by atoms with E-state index < -0.39 is 113 Å². The average molecular weight is 943 g/mol. The van der Waals surface area contributed by atoms with Gasteiger partial charge in [-0.05, 0) is 54.8 Å². The van der Waals surface area contributed by atoms with Crippen molar-refractivity contribution in [2.45, 2.75) is 101 Å². The number of carbonyl (C=O) groups is 6. The Morgan fingerprint density at radius 2 is 1.49 bits per heavy atom. The topological polar surface area (TPSA) is 263 Å². The van der Waals surface area contributed by atoms with Crippen molar-refractivity contribution >= 4 is 35.7 Å². The zero-order valence-electron chi connectivity index (χ0n) is 38.4. The van der Waals surface area contributed by atoms with E-state index in [1.807, 2.05) is 0 Å². The molecule has 11 atom stereocenters. The first-order valence-electron chi connectivity index (χ1n) is 22.5. The Kier molecular flexibility index (Phi) is 14.6. The number of esters is 3. The van der Waals surface area contributed by atoms with Crippen LogP contribution in [0.4, 0.5) is 4.79 Å². The number of hydrogen-bond donors (Lipinski definition) is 6. The summed E-state index contributed by atoms with van der Waals surface area (Å²) in [6.45, 7) is 6.27. The summed E-state index contributed by atoms with van der Waals surface area (Å²) < 4.78 is 35.9. The van der Waals surface area contributed by atoms with E-state index in [4.69, 9.17) is 33.5 Å². The molecule has 2 amide bonds. The lowest BCUT2D eigenvalue weighted by Crippen LogP contribution is -2.82. The minimum atomic E-state index is -2.46. The Bertz CT molecular complexity index is 2400. The van der Waals surface area contributed by atoms with E-state index in [0.29, 0.717) is 5.56 Å². The van der Waals surface area contributed by atoms with Crippen molar-refractivity contribution < 1.29 is 77.6 Å². The van der Waals surface area contributed by atoms with Crippen LogP contribution in [0.25, 0.3) is 0 Å². The van der Waals surface area contributed by atoms with Crippen LogP contribution in [0.1, 0.15) is 79.8 Å². The van der Waals surface area contributed by atoms with Gasteiger partial charge in [0.1, 0.15) is 23.9 Å². The number of hydrogen-bond acceptors (Lipinski definition) is 16.